The van der Waals surface area contributed by atoms with Crippen molar-refractivity contribution >= 4 is 5.91 Å². The van der Waals surface area contributed by atoms with E-state index in [0.29, 0.717) is 12.6 Å². The van der Waals surface area contributed by atoms with Crippen molar-refractivity contribution in [2.24, 2.45) is 0 Å². The molecule has 0 aromatic heterocycles. The Morgan fingerprint density at radius 3 is 2.71 bits per heavy atom. The van der Waals surface area contributed by atoms with Crippen molar-refractivity contribution in [3.8, 4) is 11.5 Å². The number of nitrogens with one attached hydrogen (secondary N) is 1. The number of hydrogen-bond donors (Lipinski definition) is 3. The Labute approximate surface area is 125 Å². The highest BCUT2D eigenvalue weighted by Gasteiger charge is 2.25. The predicted molar refractivity (Wildman–Crippen MR) is 81.6 cm³/mol. The minimum Gasteiger partial charge on any atom is -0.508 e. The van der Waals surface area contributed by atoms with Crippen molar-refractivity contribution in [1.29, 1.82) is 0 Å². The molecule has 1 fully saturated rings. The molecule has 1 amide bonds. The molecular weight excluding hydrogens is 268 g/mol. The average Bonchev–Trinajstić information content (AvgIpc) is 2.45. The molecule has 1 heterocycles. The molecule has 1 atom stereocenters. The van der Waals surface area contributed by atoms with Crippen LogP contribution in [0.1, 0.15) is 43.5 Å². The fraction of sp³-hybridized carbons (Fsp3) is 0.562. The number of carbonyl (C=O) groups excluding carboxylic acids is 1. The second kappa shape index (κ2) is 6.80. The van der Waals surface area contributed by atoms with Gasteiger partial charge in [0.2, 0.25) is 0 Å². The van der Waals surface area contributed by atoms with Gasteiger partial charge in [0.1, 0.15) is 11.5 Å². The molecule has 0 aliphatic carbocycles. The second-order valence-electron chi connectivity index (χ2n) is 5.90. The van der Waals surface area contributed by atoms with E-state index in [2.05, 4.69) is 5.32 Å². The van der Waals surface area contributed by atoms with Crippen LogP contribution in [0.2, 0.25) is 0 Å². The van der Waals surface area contributed by atoms with Gasteiger partial charge in [0.15, 0.2) is 0 Å². The van der Waals surface area contributed by atoms with Gasteiger partial charge < -0.3 is 20.4 Å². The van der Waals surface area contributed by atoms with E-state index >= 15 is 0 Å². The van der Waals surface area contributed by atoms with E-state index in [4.69, 9.17) is 0 Å². The first kappa shape index (κ1) is 15.6. The molecule has 0 bridgehead atoms. The highest BCUT2D eigenvalue weighted by atomic mass is 16.3. The lowest BCUT2D eigenvalue weighted by Crippen LogP contribution is -2.48. The van der Waals surface area contributed by atoms with Gasteiger partial charge in [0.25, 0.3) is 5.91 Å². The van der Waals surface area contributed by atoms with Crippen molar-refractivity contribution in [1.82, 2.24) is 10.2 Å². The van der Waals surface area contributed by atoms with Gasteiger partial charge in [-0.15, -0.1) is 0 Å². The standard InChI is InChI=1S/C16H24N2O3/c1-11(2)18(10-12-5-3-4-8-17-12)16(21)14-7-6-13(19)9-15(14)20/h6-7,9,11-12,17,19-20H,3-5,8,10H2,1-2H3. The molecule has 1 aromatic rings. The molecule has 3 N–H and O–H groups in total. The highest BCUT2D eigenvalue weighted by molar-refractivity contribution is 5.97. The number of phenols is 2. The van der Waals surface area contributed by atoms with Gasteiger partial charge in [-0.05, 0) is 45.4 Å². The van der Waals surface area contributed by atoms with Crippen LogP contribution in [-0.2, 0) is 0 Å². The number of rotatable bonds is 4. The molecule has 5 heteroatoms. The van der Waals surface area contributed by atoms with Gasteiger partial charge in [-0.25, -0.2) is 0 Å². The van der Waals surface area contributed by atoms with Gasteiger partial charge in [0.05, 0.1) is 5.56 Å². The molecule has 1 aromatic carbocycles. The van der Waals surface area contributed by atoms with E-state index in [9.17, 15) is 15.0 Å². The Morgan fingerprint density at radius 1 is 1.38 bits per heavy atom. The fourth-order valence-corrected chi connectivity index (χ4v) is 2.70. The highest BCUT2D eigenvalue weighted by Crippen LogP contribution is 2.25. The molecule has 5 nitrogen and oxygen atoms in total. The van der Waals surface area contributed by atoms with Crippen molar-refractivity contribution in [2.75, 3.05) is 13.1 Å². The van der Waals surface area contributed by atoms with Crippen LogP contribution >= 0.6 is 0 Å². The normalized spacial score (nSPS) is 18.7. The molecule has 1 aliphatic heterocycles. The number of hydrogen-bond acceptors (Lipinski definition) is 4. The van der Waals surface area contributed by atoms with Crippen molar-refractivity contribution < 1.29 is 15.0 Å². The maximum absolute atomic E-state index is 12.6. The summed E-state index contributed by atoms with van der Waals surface area (Å²) in [4.78, 5) is 14.4. The maximum atomic E-state index is 12.6. The fourth-order valence-electron chi connectivity index (χ4n) is 2.70. The minimum absolute atomic E-state index is 0.0471. The minimum atomic E-state index is -0.199. The Hall–Kier alpha value is -1.75. The third-order valence-corrected chi connectivity index (χ3v) is 3.93. The third kappa shape index (κ3) is 3.88. The first-order valence-electron chi connectivity index (χ1n) is 7.55. The van der Waals surface area contributed by atoms with E-state index in [0.717, 1.165) is 13.0 Å². The molecule has 1 saturated heterocycles. The summed E-state index contributed by atoms with van der Waals surface area (Å²) in [6.07, 6.45) is 3.44. The number of carbonyl (C=O) groups is 1. The smallest absolute Gasteiger partial charge is 0.257 e. The van der Waals surface area contributed by atoms with Crippen LogP contribution in [0.15, 0.2) is 18.2 Å². The molecule has 0 radical (unpaired) electrons. The summed E-state index contributed by atoms with van der Waals surface area (Å²) in [5, 5.41) is 22.6. The number of benzene rings is 1. The zero-order chi connectivity index (χ0) is 15.4. The molecule has 21 heavy (non-hydrogen) atoms. The van der Waals surface area contributed by atoms with E-state index < -0.39 is 0 Å². The Balaban J connectivity index is 2.14. The van der Waals surface area contributed by atoms with Crippen LogP contribution in [0.25, 0.3) is 0 Å². The van der Waals surface area contributed by atoms with Gasteiger partial charge in [-0.1, -0.05) is 6.42 Å². The second-order valence-corrected chi connectivity index (χ2v) is 5.90. The van der Waals surface area contributed by atoms with Crippen molar-refractivity contribution in [3.63, 3.8) is 0 Å². The Morgan fingerprint density at radius 2 is 2.14 bits per heavy atom. The SMILES string of the molecule is CC(C)N(CC1CCCCN1)C(=O)c1ccc(O)cc1O. The number of amides is 1. The van der Waals surface area contributed by atoms with Crippen LogP contribution in [0.3, 0.4) is 0 Å². The molecular formula is C16H24N2O3. The average molecular weight is 292 g/mol. The number of phenolic OH excluding ortho intramolecular Hbond substituents is 2. The molecule has 0 spiro atoms. The summed E-state index contributed by atoms with van der Waals surface area (Å²) in [6.45, 7) is 5.57. The van der Waals surface area contributed by atoms with Crippen molar-refractivity contribution in [2.45, 2.75) is 45.2 Å². The van der Waals surface area contributed by atoms with Crippen LogP contribution in [0, 0.1) is 0 Å². The van der Waals surface area contributed by atoms with Gasteiger partial charge in [-0.2, -0.15) is 0 Å². The summed E-state index contributed by atoms with van der Waals surface area (Å²) in [5.41, 5.74) is 0.234. The van der Waals surface area contributed by atoms with Gasteiger partial charge >= 0.3 is 0 Å². The van der Waals surface area contributed by atoms with Crippen LogP contribution in [-0.4, -0.2) is 46.2 Å². The zero-order valence-corrected chi connectivity index (χ0v) is 12.7. The summed E-state index contributed by atoms with van der Waals surface area (Å²) in [7, 11) is 0. The first-order valence-corrected chi connectivity index (χ1v) is 7.55. The largest absolute Gasteiger partial charge is 0.508 e. The first-order chi connectivity index (χ1) is 9.99. The molecule has 0 saturated carbocycles. The number of aromatic hydroxyl groups is 2. The zero-order valence-electron chi connectivity index (χ0n) is 12.7. The van der Waals surface area contributed by atoms with E-state index in [1.165, 1.54) is 31.0 Å². The topological polar surface area (TPSA) is 72.8 Å². The third-order valence-electron chi connectivity index (χ3n) is 3.93. The van der Waals surface area contributed by atoms with Gasteiger partial charge in [-0.3, -0.25) is 4.79 Å². The summed E-state index contributed by atoms with van der Waals surface area (Å²) in [5.74, 6) is -0.425. The van der Waals surface area contributed by atoms with E-state index in [1.54, 1.807) is 4.90 Å². The molecule has 1 unspecified atom stereocenters. The summed E-state index contributed by atoms with van der Waals surface area (Å²) >= 11 is 0. The molecule has 1 aliphatic rings. The Bertz CT molecular complexity index is 496. The summed E-state index contributed by atoms with van der Waals surface area (Å²) in [6, 6.07) is 4.45. The number of nitrogens with zero attached hydrogens (tertiary/aromatic N) is 1. The van der Waals surface area contributed by atoms with E-state index in [1.807, 2.05) is 13.8 Å². The molecule has 116 valence electrons. The quantitative estimate of drug-likeness (QED) is 0.794. The van der Waals surface area contributed by atoms with Gasteiger partial charge in [0, 0.05) is 24.7 Å². The van der Waals surface area contributed by atoms with Crippen LogP contribution in [0.4, 0.5) is 0 Å². The number of piperidine rings is 1. The lowest BCUT2D eigenvalue weighted by Gasteiger charge is -2.33. The van der Waals surface area contributed by atoms with Crippen LogP contribution < -0.4 is 5.32 Å². The molecule has 2 rings (SSSR count). The summed E-state index contributed by atoms with van der Waals surface area (Å²) < 4.78 is 0. The van der Waals surface area contributed by atoms with E-state index in [-0.39, 0.29) is 29.0 Å². The van der Waals surface area contributed by atoms with Crippen LogP contribution in [0.5, 0.6) is 11.5 Å². The van der Waals surface area contributed by atoms with Crippen molar-refractivity contribution in [3.05, 3.63) is 23.8 Å². The predicted octanol–water partition coefficient (Wildman–Crippen LogP) is 2.09. The Kier molecular flexibility index (Phi) is 5.07. The monoisotopic (exact) mass is 292 g/mol. The maximum Gasteiger partial charge on any atom is 0.257 e. The lowest BCUT2D eigenvalue weighted by atomic mass is 10.0. The lowest BCUT2D eigenvalue weighted by molar-refractivity contribution is 0.0673.